The maximum absolute atomic E-state index is 11.8. The van der Waals surface area contributed by atoms with E-state index in [-0.39, 0.29) is 57.9 Å². The number of hydrogen-bond acceptors (Lipinski definition) is 6. The second kappa shape index (κ2) is 17.3. The van der Waals surface area contributed by atoms with Crippen molar-refractivity contribution in [1.29, 1.82) is 0 Å². The molecule has 0 spiro atoms. The minimum Gasteiger partial charge on any atom is -0.872 e. The third kappa shape index (κ3) is 17.1. The molecule has 27 heavy (non-hydrogen) atoms. The van der Waals surface area contributed by atoms with Gasteiger partial charge in [-0.25, -0.2) is 0 Å². The minimum atomic E-state index is -1.08. The van der Waals surface area contributed by atoms with Crippen LogP contribution in [0, 0.1) is 40.8 Å². The quantitative estimate of drug-likeness (QED) is 0.296. The molecule has 0 bridgehead atoms. The van der Waals surface area contributed by atoms with Crippen LogP contribution in [0.5, 0.6) is 0 Å². The second-order valence-electron chi connectivity index (χ2n) is 4.59. The van der Waals surface area contributed by atoms with E-state index >= 15 is 0 Å². The molecule has 0 saturated heterocycles. The molecule has 0 fully saturated rings. The van der Waals surface area contributed by atoms with Gasteiger partial charge in [0.1, 0.15) is 0 Å². The standard InChI is InChI=1S/C15H12O2.2C2H4O2.Nd.H2O/c16-14(12-7-3-1-4-8-12)11-15(17)13-9-5-2-6-10-13;2*1-2(3)4;;/h1-11,16H;2*1H3,(H,3,4);;1H2/q;;;+3;/p-3/b14-11-;;;;. The molecule has 0 aliphatic rings. The summed E-state index contributed by atoms with van der Waals surface area (Å²) in [5.74, 6) is -2.70. The fourth-order valence-corrected chi connectivity index (χ4v) is 1.49. The summed E-state index contributed by atoms with van der Waals surface area (Å²) in [4.78, 5) is 29.5. The smallest absolute Gasteiger partial charge is 0.872 e. The molecule has 0 amide bonds. The summed E-state index contributed by atoms with van der Waals surface area (Å²) in [7, 11) is 0. The van der Waals surface area contributed by atoms with Crippen LogP contribution in [0.2, 0.25) is 0 Å². The average molecular weight is 504 g/mol. The van der Waals surface area contributed by atoms with Gasteiger partial charge in [-0.05, 0) is 25.5 Å². The summed E-state index contributed by atoms with van der Waals surface area (Å²) in [6.45, 7) is 1.94. The van der Waals surface area contributed by atoms with Crippen molar-refractivity contribution in [3.63, 3.8) is 0 Å². The van der Waals surface area contributed by atoms with Gasteiger partial charge in [0.25, 0.3) is 0 Å². The van der Waals surface area contributed by atoms with Crippen LogP contribution in [0.4, 0.5) is 0 Å². The number of carboxylic acids is 2. The molecule has 0 atom stereocenters. The monoisotopic (exact) mass is 501 g/mol. The Hall–Kier alpha value is -2.10. The molecule has 0 aromatic heterocycles. The summed E-state index contributed by atoms with van der Waals surface area (Å²) in [5, 5.41) is 29.5. The molecule has 2 aromatic rings. The molecule has 8 heteroatoms. The van der Waals surface area contributed by atoms with Crippen LogP contribution in [0.1, 0.15) is 29.8 Å². The fraction of sp³-hybridized carbons (Fsp3) is 0.105. The Morgan fingerprint density at radius 3 is 1.33 bits per heavy atom. The third-order valence-electron chi connectivity index (χ3n) is 2.38. The van der Waals surface area contributed by atoms with Crippen molar-refractivity contribution < 1.29 is 76.0 Å². The Kier molecular flexibility index (Phi) is 19.0. The first-order valence-corrected chi connectivity index (χ1v) is 7.12. The Morgan fingerprint density at radius 1 is 0.704 bits per heavy atom. The molecule has 141 valence electrons. The molecule has 2 aromatic carbocycles. The van der Waals surface area contributed by atoms with Crippen molar-refractivity contribution in [3.8, 4) is 0 Å². The number of hydrogen-bond donors (Lipinski definition) is 0. The number of carboxylic acid groups (broad SMARTS) is 2. The Bertz CT molecular complexity index is 693. The molecule has 0 heterocycles. The van der Waals surface area contributed by atoms with Crippen LogP contribution in [-0.4, -0.2) is 23.2 Å². The number of allylic oxidation sites excluding steroid dienone is 1. The maximum atomic E-state index is 11.8. The van der Waals surface area contributed by atoms with Crippen molar-refractivity contribution in [3.05, 3.63) is 77.9 Å². The van der Waals surface area contributed by atoms with Gasteiger partial charge in [0.2, 0.25) is 0 Å². The summed E-state index contributed by atoms with van der Waals surface area (Å²) < 4.78 is 0. The Morgan fingerprint density at radius 2 is 1.00 bits per heavy atom. The number of benzene rings is 2. The number of carbonyl (C=O) groups excluding carboxylic acids is 3. The van der Waals surface area contributed by atoms with Crippen LogP contribution in [0.25, 0.3) is 5.76 Å². The predicted molar refractivity (Wildman–Crippen MR) is 90.2 cm³/mol. The molecule has 2 N–H and O–H groups in total. The first-order valence-electron chi connectivity index (χ1n) is 7.12. The molecule has 0 saturated carbocycles. The molecule has 0 unspecified atom stereocenters. The molecule has 2 rings (SSSR count). The third-order valence-corrected chi connectivity index (χ3v) is 2.38. The zero-order valence-corrected chi connectivity index (χ0v) is 18.0. The van der Waals surface area contributed by atoms with Crippen molar-refractivity contribution in [2.75, 3.05) is 0 Å². The van der Waals surface area contributed by atoms with E-state index < -0.39 is 11.9 Å². The van der Waals surface area contributed by atoms with Gasteiger partial charge in [-0.1, -0.05) is 66.4 Å². The van der Waals surface area contributed by atoms with E-state index in [1.54, 1.807) is 48.5 Å². The van der Waals surface area contributed by atoms with E-state index in [0.29, 0.717) is 11.1 Å². The Labute approximate surface area is 190 Å². The number of aliphatic carboxylic acids is 2. The Balaban J connectivity index is -0.000000495. The largest absolute Gasteiger partial charge is 3.00 e. The summed E-state index contributed by atoms with van der Waals surface area (Å²) in [6, 6.07) is 17.5. The first-order chi connectivity index (χ1) is 11.7. The number of carbonyl (C=O) groups is 3. The molecule has 7 nitrogen and oxygen atoms in total. The van der Waals surface area contributed by atoms with Gasteiger partial charge >= 0.3 is 40.8 Å². The minimum absolute atomic E-state index is 0. The summed E-state index contributed by atoms with van der Waals surface area (Å²) in [6.07, 6.45) is 1.13. The molecule has 1 radical (unpaired) electrons. The molecule has 0 aliphatic heterocycles. The van der Waals surface area contributed by atoms with Crippen LogP contribution in [0.15, 0.2) is 66.7 Å². The molecular weight excluding hydrogens is 484 g/mol. The normalized spacial score (nSPS) is 8.89. The van der Waals surface area contributed by atoms with Gasteiger partial charge in [-0.3, -0.25) is 4.79 Å². The van der Waals surface area contributed by atoms with Crippen LogP contribution < -0.4 is 15.3 Å². The predicted octanol–water partition coefficient (Wildman–Crippen LogP) is -1.04. The van der Waals surface area contributed by atoms with Crippen LogP contribution in [-0.2, 0) is 9.59 Å². The SMILES string of the molecule is CC(=O)[O-].CC(=O)[O-].O.O=C(/C=C(\[O-])c1ccccc1)c1ccccc1.[Nd+3]. The van der Waals surface area contributed by atoms with E-state index in [1.807, 2.05) is 12.1 Å². The van der Waals surface area contributed by atoms with Crippen LogP contribution >= 0.6 is 0 Å². The van der Waals surface area contributed by atoms with Gasteiger partial charge in [0.05, 0.1) is 0 Å². The van der Waals surface area contributed by atoms with Gasteiger partial charge in [0.15, 0.2) is 5.78 Å². The van der Waals surface area contributed by atoms with Crippen molar-refractivity contribution in [1.82, 2.24) is 0 Å². The van der Waals surface area contributed by atoms with Crippen molar-refractivity contribution in [2.24, 2.45) is 0 Å². The zero-order valence-electron chi connectivity index (χ0n) is 14.8. The van der Waals surface area contributed by atoms with Crippen molar-refractivity contribution >= 4 is 23.5 Å². The van der Waals surface area contributed by atoms with E-state index in [4.69, 9.17) is 19.8 Å². The summed E-state index contributed by atoms with van der Waals surface area (Å²) >= 11 is 0. The number of rotatable bonds is 3. The molecule has 0 aliphatic carbocycles. The second-order valence-corrected chi connectivity index (χ2v) is 4.59. The van der Waals surface area contributed by atoms with E-state index in [1.165, 1.54) is 0 Å². The number of ketones is 1. The summed E-state index contributed by atoms with van der Waals surface area (Å²) in [5.41, 5.74) is 1.05. The van der Waals surface area contributed by atoms with Gasteiger partial charge in [-0.2, -0.15) is 0 Å². The van der Waals surface area contributed by atoms with Gasteiger partial charge in [-0.15, -0.1) is 0 Å². The van der Waals surface area contributed by atoms with Crippen molar-refractivity contribution in [2.45, 2.75) is 13.8 Å². The first kappa shape index (κ1) is 29.7. The van der Waals surface area contributed by atoms with E-state index in [0.717, 1.165) is 19.9 Å². The average Bonchev–Trinajstić information content (AvgIpc) is 2.55. The van der Waals surface area contributed by atoms with E-state index in [9.17, 15) is 9.90 Å². The van der Waals surface area contributed by atoms with Gasteiger partial charge < -0.3 is 30.4 Å². The van der Waals surface area contributed by atoms with Crippen LogP contribution in [0.3, 0.4) is 0 Å². The maximum Gasteiger partial charge on any atom is 3.00 e. The molecular formula is C19H19NdO7. The zero-order chi connectivity index (χ0) is 19.2. The van der Waals surface area contributed by atoms with E-state index in [2.05, 4.69) is 0 Å². The van der Waals surface area contributed by atoms with Gasteiger partial charge in [0, 0.05) is 17.5 Å². The fourth-order valence-electron chi connectivity index (χ4n) is 1.49. The topological polar surface area (TPSA) is 152 Å².